The van der Waals surface area contributed by atoms with Gasteiger partial charge in [-0.15, -0.1) is 0 Å². The van der Waals surface area contributed by atoms with E-state index in [9.17, 15) is 18.0 Å². The Balaban J connectivity index is 1.54. The van der Waals surface area contributed by atoms with E-state index >= 15 is 0 Å². The van der Waals surface area contributed by atoms with Crippen LogP contribution in [0.25, 0.3) is 11.0 Å². The topological polar surface area (TPSA) is 96.7 Å². The number of aryl methyl sites for hydroxylation is 1. The van der Waals surface area contributed by atoms with Crippen molar-refractivity contribution in [3.05, 3.63) is 70.1 Å². The molecule has 0 radical (unpaired) electrons. The van der Waals surface area contributed by atoms with Gasteiger partial charge in [-0.1, -0.05) is 19.4 Å². The summed E-state index contributed by atoms with van der Waals surface area (Å²) >= 11 is 0. The van der Waals surface area contributed by atoms with Crippen LogP contribution in [0, 0.1) is 6.92 Å². The van der Waals surface area contributed by atoms with Gasteiger partial charge >= 0.3 is 0 Å². The van der Waals surface area contributed by atoms with E-state index in [1.165, 1.54) is 12.1 Å². The van der Waals surface area contributed by atoms with Crippen LogP contribution in [0.4, 0.5) is 5.69 Å². The van der Waals surface area contributed by atoms with Crippen LogP contribution in [0.1, 0.15) is 48.7 Å². The molecular weight excluding hydrogens is 428 g/mol. The van der Waals surface area contributed by atoms with Gasteiger partial charge in [0.2, 0.25) is 10.0 Å². The van der Waals surface area contributed by atoms with Gasteiger partial charge in [-0.3, -0.25) is 9.59 Å². The number of fused-ring (bicyclic) bond motifs is 1. The predicted octanol–water partition coefficient (Wildman–Crippen LogP) is 4.31. The molecule has 1 aliphatic heterocycles. The molecule has 168 valence electrons. The first-order chi connectivity index (χ1) is 15.3. The Kier molecular flexibility index (Phi) is 6.17. The number of piperidine rings is 1. The molecule has 0 spiro atoms. The van der Waals surface area contributed by atoms with Crippen molar-refractivity contribution in [1.82, 2.24) is 4.31 Å². The van der Waals surface area contributed by atoms with Crippen molar-refractivity contribution < 1.29 is 17.6 Å². The SMILES string of the molecule is CC[C@H]1CCCCN1S(=O)(=O)c1ccc(NC(=O)c2cc(=O)c3ccc(C)cc3o2)cc1. The van der Waals surface area contributed by atoms with E-state index in [0.717, 1.165) is 37.3 Å². The summed E-state index contributed by atoms with van der Waals surface area (Å²) in [7, 11) is -3.59. The number of sulfonamides is 1. The van der Waals surface area contributed by atoms with Crippen LogP contribution in [-0.2, 0) is 10.0 Å². The Morgan fingerprint density at radius 2 is 1.88 bits per heavy atom. The van der Waals surface area contributed by atoms with Gasteiger partial charge in [-0.2, -0.15) is 4.31 Å². The summed E-state index contributed by atoms with van der Waals surface area (Å²) in [6.45, 7) is 4.40. The molecule has 2 aromatic carbocycles. The standard InChI is InChI=1S/C24H26N2O5S/c1-3-18-6-4-5-13-26(18)32(29,30)19-10-8-17(9-11-19)25-24(28)23-15-21(27)20-12-7-16(2)14-22(20)31-23/h7-12,14-15,18H,3-6,13H2,1-2H3,(H,25,28)/t18-/m0/s1. The zero-order chi connectivity index (χ0) is 22.9. The van der Waals surface area contributed by atoms with Gasteiger partial charge in [0.25, 0.3) is 5.91 Å². The van der Waals surface area contributed by atoms with Crippen LogP contribution in [-0.4, -0.2) is 31.2 Å². The summed E-state index contributed by atoms with van der Waals surface area (Å²) in [4.78, 5) is 25.1. The van der Waals surface area contributed by atoms with Gasteiger partial charge in [0.05, 0.1) is 10.3 Å². The van der Waals surface area contributed by atoms with Crippen molar-refractivity contribution in [2.24, 2.45) is 0 Å². The van der Waals surface area contributed by atoms with Crippen LogP contribution >= 0.6 is 0 Å². The molecule has 0 bridgehead atoms. The number of carbonyl (C=O) groups excluding carboxylic acids is 1. The third-order valence-electron chi connectivity index (χ3n) is 5.87. The molecule has 4 rings (SSSR count). The van der Waals surface area contributed by atoms with E-state index in [1.54, 1.807) is 34.6 Å². The summed E-state index contributed by atoms with van der Waals surface area (Å²) in [5.41, 5.74) is 1.36. The molecule has 1 saturated heterocycles. The largest absolute Gasteiger partial charge is 0.451 e. The second kappa shape index (κ2) is 8.88. The van der Waals surface area contributed by atoms with Crippen molar-refractivity contribution in [3.8, 4) is 0 Å². The van der Waals surface area contributed by atoms with Crippen molar-refractivity contribution in [1.29, 1.82) is 0 Å². The number of nitrogens with zero attached hydrogens (tertiary/aromatic N) is 1. The van der Waals surface area contributed by atoms with E-state index < -0.39 is 15.9 Å². The third-order valence-corrected chi connectivity index (χ3v) is 7.84. The zero-order valence-corrected chi connectivity index (χ0v) is 18.9. The van der Waals surface area contributed by atoms with Crippen molar-refractivity contribution >= 4 is 32.6 Å². The van der Waals surface area contributed by atoms with Crippen LogP contribution in [0.15, 0.2) is 62.6 Å². The van der Waals surface area contributed by atoms with Gasteiger partial charge in [0.1, 0.15) is 5.58 Å². The number of rotatable bonds is 5. The van der Waals surface area contributed by atoms with Crippen molar-refractivity contribution in [2.75, 3.05) is 11.9 Å². The monoisotopic (exact) mass is 454 g/mol. The molecule has 1 aromatic heterocycles. The lowest BCUT2D eigenvalue weighted by Gasteiger charge is -2.34. The van der Waals surface area contributed by atoms with E-state index in [1.807, 2.05) is 13.8 Å². The number of hydrogen-bond acceptors (Lipinski definition) is 5. The molecule has 1 N–H and O–H groups in total. The molecule has 1 amide bonds. The number of carbonyl (C=O) groups is 1. The fraction of sp³-hybridized carbons (Fsp3) is 0.333. The average molecular weight is 455 g/mol. The van der Waals surface area contributed by atoms with Gasteiger partial charge in [-0.25, -0.2) is 8.42 Å². The molecule has 0 aliphatic carbocycles. The summed E-state index contributed by atoms with van der Waals surface area (Å²) in [6, 6.07) is 12.4. The zero-order valence-electron chi connectivity index (χ0n) is 18.1. The van der Waals surface area contributed by atoms with E-state index in [-0.39, 0.29) is 22.1 Å². The molecule has 0 unspecified atom stereocenters. The highest BCUT2D eigenvalue weighted by Gasteiger charge is 2.32. The molecule has 1 aliphatic rings. The summed E-state index contributed by atoms with van der Waals surface area (Å²) < 4.78 is 33.4. The minimum atomic E-state index is -3.59. The van der Waals surface area contributed by atoms with Crippen molar-refractivity contribution in [2.45, 2.75) is 50.5 Å². The highest BCUT2D eigenvalue weighted by Crippen LogP contribution is 2.27. The first kappa shape index (κ1) is 22.2. The maximum absolute atomic E-state index is 13.1. The first-order valence-electron chi connectivity index (χ1n) is 10.8. The molecule has 1 atom stereocenters. The van der Waals surface area contributed by atoms with E-state index in [0.29, 0.717) is 23.2 Å². The van der Waals surface area contributed by atoms with Gasteiger partial charge in [0.15, 0.2) is 11.2 Å². The molecule has 1 fully saturated rings. The number of anilines is 1. The Labute approximate surface area is 187 Å². The Morgan fingerprint density at radius 1 is 1.12 bits per heavy atom. The predicted molar refractivity (Wildman–Crippen MR) is 123 cm³/mol. The average Bonchev–Trinajstić information content (AvgIpc) is 2.79. The van der Waals surface area contributed by atoms with Crippen LogP contribution in [0.5, 0.6) is 0 Å². The number of nitrogens with one attached hydrogen (secondary N) is 1. The number of amides is 1. The lowest BCUT2D eigenvalue weighted by atomic mass is 10.0. The Hall–Kier alpha value is -2.97. The Bertz CT molecular complexity index is 1310. The van der Waals surface area contributed by atoms with E-state index in [2.05, 4.69) is 5.32 Å². The normalized spacial score (nSPS) is 17.4. The first-order valence-corrected chi connectivity index (χ1v) is 12.2. The molecule has 3 aromatic rings. The second-order valence-corrected chi connectivity index (χ2v) is 10.0. The lowest BCUT2D eigenvalue weighted by Crippen LogP contribution is -2.43. The molecule has 8 heteroatoms. The quantitative estimate of drug-likeness (QED) is 0.620. The summed E-state index contributed by atoms with van der Waals surface area (Å²) in [5.74, 6) is -0.688. The minimum absolute atomic E-state index is 0.0209. The van der Waals surface area contributed by atoms with Gasteiger partial charge < -0.3 is 9.73 Å². The fourth-order valence-electron chi connectivity index (χ4n) is 4.11. The molecule has 0 saturated carbocycles. The summed E-state index contributed by atoms with van der Waals surface area (Å²) in [6.07, 6.45) is 3.56. The fourth-order valence-corrected chi connectivity index (χ4v) is 5.88. The smallest absolute Gasteiger partial charge is 0.291 e. The molecule has 32 heavy (non-hydrogen) atoms. The number of hydrogen-bond donors (Lipinski definition) is 1. The van der Waals surface area contributed by atoms with Gasteiger partial charge in [-0.05, 0) is 68.1 Å². The summed E-state index contributed by atoms with van der Waals surface area (Å²) in [5, 5.41) is 3.07. The maximum Gasteiger partial charge on any atom is 0.291 e. The second-order valence-electron chi connectivity index (χ2n) is 8.13. The lowest BCUT2D eigenvalue weighted by molar-refractivity contribution is 0.0997. The third kappa shape index (κ3) is 4.33. The maximum atomic E-state index is 13.1. The highest BCUT2D eigenvalue weighted by molar-refractivity contribution is 7.89. The van der Waals surface area contributed by atoms with Gasteiger partial charge in [0, 0.05) is 24.3 Å². The Morgan fingerprint density at radius 3 is 2.59 bits per heavy atom. The highest BCUT2D eigenvalue weighted by atomic mass is 32.2. The van der Waals surface area contributed by atoms with Crippen molar-refractivity contribution in [3.63, 3.8) is 0 Å². The van der Waals surface area contributed by atoms with Crippen LogP contribution in [0.2, 0.25) is 0 Å². The number of benzene rings is 2. The molecule has 2 heterocycles. The van der Waals surface area contributed by atoms with E-state index in [4.69, 9.17) is 4.42 Å². The molecule has 7 nitrogen and oxygen atoms in total. The minimum Gasteiger partial charge on any atom is -0.451 e. The van der Waals surface area contributed by atoms with Crippen LogP contribution in [0.3, 0.4) is 0 Å². The molecular formula is C24H26N2O5S. The van der Waals surface area contributed by atoms with Crippen LogP contribution < -0.4 is 10.7 Å².